The molecule has 0 bridgehead atoms. The number of likely N-dealkylation sites (tertiary alicyclic amines) is 1. The normalized spacial score (nSPS) is 21.6. The monoisotopic (exact) mass is 199 g/mol. The number of nitrogens with zero attached hydrogens (tertiary/aromatic N) is 1. The number of piperidine rings is 1. The molecule has 0 aromatic rings. The van der Waals surface area contributed by atoms with Crippen molar-refractivity contribution < 1.29 is 14.3 Å². The molecule has 1 fully saturated rings. The summed E-state index contributed by atoms with van der Waals surface area (Å²) in [6, 6.07) is 0. The standard InChI is InChI=1S/C10H17NO3/c1-8(12)10(14-9(2)13)4-6-11(3)7-5-10/h4-7H2,1-3H3. The Hall–Kier alpha value is -0.900. The highest BCUT2D eigenvalue weighted by Gasteiger charge is 2.41. The van der Waals surface area contributed by atoms with Crippen LogP contribution in [0, 0.1) is 0 Å². The number of esters is 1. The van der Waals surface area contributed by atoms with E-state index < -0.39 is 5.60 Å². The fraction of sp³-hybridized carbons (Fsp3) is 0.800. The Morgan fingerprint density at radius 1 is 1.21 bits per heavy atom. The van der Waals surface area contributed by atoms with Gasteiger partial charge in [0.25, 0.3) is 0 Å². The first kappa shape index (κ1) is 11.2. The summed E-state index contributed by atoms with van der Waals surface area (Å²) in [6.07, 6.45) is 1.22. The van der Waals surface area contributed by atoms with Gasteiger partial charge in [-0.15, -0.1) is 0 Å². The molecule has 0 aromatic heterocycles. The minimum absolute atomic E-state index is 0.0409. The Kier molecular flexibility index (Phi) is 3.26. The topological polar surface area (TPSA) is 46.6 Å². The Morgan fingerprint density at radius 3 is 2.07 bits per heavy atom. The van der Waals surface area contributed by atoms with Gasteiger partial charge < -0.3 is 9.64 Å². The van der Waals surface area contributed by atoms with Crippen molar-refractivity contribution in [1.29, 1.82) is 0 Å². The number of rotatable bonds is 2. The maximum atomic E-state index is 11.5. The van der Waals surface area contributed by atoms with E-state index >= 15 is 0 Å². The number of hydrogen-bond donors (Lipinski definition) is 0. The van der Waals surface area contributed by atoms with Gasteiger partial charge in [0.2, 0.25) is 0 Å². The van der Waals surface area contributed by atoms with Crippen LogP contribution in [0.15, 0.2) is 0 Å². The molecule has 1 aliphatic rings. The lowest BCUT2D eigenvalue weighted by Gasteiger charge is -2.37. The molecule has 0 unspecified atom stereocenters. The zero-order valence-corrected chi connectivity index (χ0v) is 9.00. The smallest absolute Gasteiger partial charge is 0.303 e. The fourth-order valence-electron chi connectivity index (χ4n) is 1.78. The first-order chi connectivity index (χ1) is 6.46. The molecular formula is C10H17NO3. The van der Waals surface area contributed by atoms with Crippen LogP contribution in [-0.4, -0.2) is 42.4 Å². The van der Waals surface area contributed by atoms with Gasteiger partial charge in [-0.2, -0.15) is 0 Å². The third-order valence-electron chi connectivity index (χ3n) is 2.78. The highest BCUT2D eigenvalue weighted by atomic mass is 16.6. The third kappa shape index (κ3) is 2.32. The molecule has 0 aliphatic carbocycles. The second kappa shape index (κ2) is 4.09. The van der Waals surface area contributed by atoms with Crippen LogP contribution in [-0.2, 0) is 14.3 Å². The van der Waals surface area contributed by atoms with Gasteiger partial charge in [-0.25, -0.2) is 0 Å². The lowest BCUT2D eigenvalue weighted by molar-refractivity contribution is -0.169. The molecule has 80 valence electrons. The molecule has 0 aromatic carbocycles. The minimum atomic E-state index is -0.849. The summed E-state index contributed by atoms with van der Waals surface area (Å²) in [5.74, 6) is -0.412. The summed E-state index contributed by atoms with van der Waals surface area (Å²) in [5.41, 5.74) is -0.849. The number of carbonyl (C=O) groups excluding carboxylic acids is 2. The summed E-state index contributed by atoms with van der Waals surface area (Å²) < 4.78 is 5.17. The molecule has 1 aliphatic heterocycles. The second-order valence-electron chi connectivity index (χ2n) is 3.95. The number of hydrogen-bond acceptors (Lipinski definition) is 4. The molecule has 0 amide bonds. The van der Waals surface area contributed by atoms with E-state index in [0.717, 1.165) is 13.1 Å². The van der Waals surface area contributed by atoms with E-state index in [1.165, 1.54) is 13.8 Å². The van der Waals surface area contributed by atoms with E-state index in [1.807, 2.05) is 7.05 Å². The molecule has 4 nitrogen and oxygen atoms in total. The minimum Gasteiger partial charge on any atom is -0.451 e. The molecule has 0 N–H and O–H groups in total. The maximum absolute atomic E-state index is 11.5. The van der Waals surface area contributed by atoms with Crippen LogP contribution in [0.3, 0.4) is 0 Å². The predicted molar refractivity (Wildman–Crippen MR) is 51.9 cm³/mol. The van der Waals surface area contributed by atoms with Gasteiger partial charge >= 0.3 is 5.97 Å². The second-order valence-corrected chi connectivity index (χ2v) is 3.95. The average molecular weight is 199 g/mol. The van der Waals surface area contributed by atoms with Gasteiger partial charge in [0.15, 0.2) is 11.4 Å². The highest BCUT2D eigenvalue weighted by molar-refractivity contribution is 5.87. The van der Waals surface area contributed by atoms with Gasteiger partial charge in [0.1, 0.15) is 0 Å². The summed E-state index contributed by atoms with van der Waals surface area (Å²) in [7, 11) is 2.00. The average Bonchev–Trinajstić information content (AvgIpc) is 2.08. The Morgan fingerprint density at radius 2 is 1.71 bits per heavy atom. The van der Waals surface area contributed by atoms with Crippen molar-refractivity contribution in [2.45, 2.75) is 32.3 Å². The van der Waals surface area contributed by atoms with Crippen molar-refractivity contribution in [3.8, 4) is 0 Å². The molecule has 0 spiro atoms. The van der Waals surface area contributed by atoms with Crippen LogP contribution in [0.5, 0.6) is 0 Å². The molecule has 0 radical (unpaired) electrons. The van der Waals surface area contributed by atoms with E-state index in [0.29, 0.717) is 12.8 Å². The lowest BCUT2D eigenvalue weighted by atomic mass is 9.87. The van der Waals surface area contributed by atoms with Crippen molar-refractivity contribution >= 4 is 11.8 Å². The van der Waals surface area contributed by atoms with Gasteiger partial charge in [-0.05, 0) is 14.0 Å². The van der Waals surface area contributed by atoms with Crippen LogP contribution < -0.4 is 0 Å². The Labute approximate surface area is 84.2 Å². The fourth-order valence-corrected chi connectivity index (χ4v) is 1.78. The number of carbonyl (C=O) groups is 2. The van der Waals surface area contributed by atoms with Gasteiger partial charge in [0, 0.05) is 32.9 Å². The summed E-state index contributed by atoms with van der Waals surface area (Å²) in [5, 5.41) is 0. The van der Waals surface area contributed by atoms with Crippen LogP contribution >= 0.6 is 0 Å². The van der Waals surface area contributed by atoms with Crippen molar-refractivity contribution in [2.75, 3.05) is 20.1 Å². The molecule has 1 saturated heterocycles. The number of Topliss-reactive ketones (excluding diaryl/α,β-unsaturated/α-hetero) is 1. The molecule has 1 heterocycles. The molecule has 14 heavy (non-hydrogen) atoms. The SMILES string of the molecule is CC(=O)OC1(C(C)=O)CCN(C)CC1. The van der Waals surface area contributed by atoms with E-state index in [4.69, 9.17) is 4.74 Å². The van der Waals surface area contributed by atoms with E-state index in [2.05, 4.69) is 4.90 Å². The van der Waals surface area contributed by atoms with Crippen molar-refractivity contribution in [3.63, 3.8) is 0 Å². The first-order valence-corrected chi connectivity index (χ1v) is 4.85. The van der Waals surface area contributed by atoms with Gasteiger partial charge in [-0.1, -0.05) is 0 Å². The molecular weight excluding hydrogens is 182 g/mol. The summed E-state index contributed by atoms with van der Waals surface area (Å²) in [4.78, 5) is 24.5. The van der Waals surface area contributed by atoms with E-state index in [1.54, 1.807) is 0 Å². The number of ketones is 1. The van der Waals surface area contributed by atoms with Crippen LogP contribution in [0.1, 0.15) is 26.7 Å². The summed E-state index contributed by atoms with van der Waals surface area (Å²) >= 11 is 0. The van der Waals surface area contributed by atoms with Crippen molar-refractivity contribution in [3.05, 3.63) is 0 Å². The molecule has 1 rings (SSSR count). The van der Waals surface area contributed by atoms with Crippen molar-refractivity contribution in [1.82, 2.24) is 4.90 Å². The van der Waals surface area contributed by atoms with Gasteiger partial charge in [-0.3, -0.25) is 9.59 Å². The highest BCUT2D eigenvalue weighted by Crippen LogP contribution is 2.27. The third-order valence-corrected chi connectivity index (χ3v) is 2.78. The first-order valence-electron chi connectivity index (χ1n) is 4.85. The van der Waals surface area contributed by atoms with E-state index in [9.17, 15) is 9.59 Å². The quantitative estimate of drug-likeness (QED) is 0.611. The molecule has 0 saturated carbocycles. The largest absolute Gasteiger partial charge is 0.451 e. The summed E-state index contributed by atoms with van der Waals surface area (Å²) in [6.45, 7) is 4.44. The predicted octanol–water partition coefficient (Wildman–Crippen LogP) is 0.603. The van der Waals surface area contributed by atoms with Crippen LogP contribution in [0.25, 0.3) is 0 Å². The maximum Gasteiger partial charge on any atom is 0.303 e. The molecule has 0 atom stereocenters. The Balaban J connectivity index is 2.73. The number of ether oxygens (including phenoxy) is 1. The van der Waals surface area contributed by atoms with Crippen molar-refractivity contribution in [2.24, 2.45) is 0 Å². The zero-order valence-electron chi connectivity index (χ0n) is 9.00. The lowest BCUT2D eigenvalue weighted by Crippen LogP contribution is -2.50. The molecule has 4 heteroatoms. The Bertz CT molecular complexity index is 242. The van der Waals surface area contributed by atoms with E-state index in [-0.39, 0.29) is 11.8 Å². The van der Waals surface area contributed by atoms with Gasteiger partial charge in [0.05, 0.1) is 0 Å². The zero-order chi connectivity index (χ0) is 10.8. The van der Waals surface area contributed by atoms with Crippen LogP contribution in [0.2, 0.25) is 0 Å². The van der Waals surface area contributed by atoms with Crippen LogP contribution in [0.4, 0.5) is 0 Å².